The van der Waals surface area contributed by atoms with E-state index in [1.165, 1.54) is 31.5 Å². The SMILES string of the molecule is C[C@]1(c2cnn(CCC(=O)O)n2)C(=O)Nc2nc(-c3nn(CCC(F)(F)C(F)(F)F)c4ncccc34)nc(N)c21. The average Bonchev–Trinajstić information content (AvgIpc) is 3.56. The topological polar surface area (TPSA) is 180 Å². The van der Waals surface area contributed by atoms with Crippen LogP contribution in [0.4, 0.5) is 33.6 Å². The van der Waals surface area contributed by atoms with Crippen LogP contribution in [-0.2, 0) is 28.1 Å². The van der Waals surface area contributed by atoms with Crippen molar-refractivity contribution in [3.8, 4) is 11.5 Å². The lowest BCUT2D eigenvalue weighted by atomic mass is 9.81. The Kier molecular flexibility index (Phi) is 6.14. The molecule has 1 amide bonds. The van der Waals surface area contributed by atoms with Crippen LogP contribution in [0.3, 0.4) is 0 Å². The van der Waals surface area contributed by atoms with Crippen LogP contribution in [0, 0.1) is 0 Å². The van der Waals surface area contributed by atoms with Crippen LogP contribution < -0.4 is 11.1 Å². The molecule has 18 heteroatoms. The molecule has 0 unspecified atom stereocenters. The van der Waals surface area contributed by atoms with E-state index in [1.54, 1.807) is 0 Å². The second-order valence-electron chi connectivity index (χ2n) is 9.10. The number of aryl methyl sites for hydroxylation is 2. The Labute approximate surface area is 220 Å². The van der Waals surface area contributed by atoms with Crippen molar-refractivity contribution < 1.29 is 36.6 Å². The quantitative estimate of drug-likeness (QED) is 0.268. The first-order valence-corrected chi connectivity index (χ1v) is 11.6. The molecule has 13 nitrogen and oxygen atoms in total. The van der Waals surface area contributed by atoms with E-state index in [1.807, 2.05) is 0 Å². The van der Waals surface area contributed by atoms with Gasteiger partial charge in [-0.05, 0) is 19.1 Å². The van der Waals surface area contributed by atoms with Crippen LogP contribution in [0.2, 0.25) is 0 Å². The first kappa shape index (κ1) is 26.8. The predicted octanol–water partition coefficient (Wildman–Crippen LogP) is 2.38. The summed E-state index contributed by atoms with van der Waals surface area (Å²) in [6, 6.07) is 3.01. The molecule has 40 heavy (non-hydrogen) atoms. The number of anilines is 2. The van der Waals surface area contributed by atoms with E-state index >= 15 is 0 Å². The molecule has 1 aliphatic heterocycles. The summed E-state index contributed by atoms with van der Waals surface area (Å²) >= 11 is 0. The van der Waals surface area contributed by atoms with Crippen molar-refractivity contribution in [1.82, 2.24) is 39.7 Å². The Morgan fingerprint density at radius 1 is 1.18 bits per heavy atom. The summed E-state index contributed by atoms with van der Waals surface area (Å²) in [6.07, 6.45) is -4.93. The zero-order chi connectivity index (χ0) is 29.0. The lowest BCUT2D eigenvalue weighted by Crippen LogP contribution is -2.37. The third-order valence-corrected chi connectivity index (χ3v) is 6.47. The van der Waals surface area contributed by atoms with E-state index < -0.39 is 42.4 Å². The third kappa shape index (κ3) is 4.34. The van der Waals surface area contributed by atoms with Gasteiger partial charge in [-0.2, -0.15) is 42.0 Å². The molecule has 0 spiro atoms. The number of pyridine rings is 1. The number of carboxylic acid groups (broad SMARTS) is 1. The van der Waals surface area contributed by atoms with Gasteiger partial charge in [0, 0.05) is 19.2 Å². The molecule has 210 valence electrons. The second kappa shape index (κ2) is 9.16. The molecule has 4 aromatic heterocycles. The number of carbonyl (C=O) groups excluding carboxylic acids is 1. The zero-order valence-electron chi connectivity index (χ0n) is 20.4. The number of nitrogens with two attached hydrogens (primary N) is 1. The Bertz CT molecular complexity index is 1650. The largest absolute Gasteiger partial charge is 0.481 e. The van der Waals surface area contributed by atoms with Gasteiger partial charge in [0.25, 0.3) is 0 Å². The van der Waals surface area contributed by atoms with E-state index in [9.17, 15) is 31.5 Å². The van der Waals surface area contributed by atoms with Gasteiger partial charge in [-0.25, -0.2) is 19.6 Å². The fraction of sp³-hybridized carbons (Fsp3) is 0.364. The monoisotopic (exact) mass is 566 g/mol. The Balaban J connectivity index is 1.53. The minimum absolute atomic E-state index is 0.00427. The Morgan fingerprint density at radius 3 is 2.62 bits per heavy atom. The molecule has 0 fully saturated rings. The maximum atomic E-state index is 13.6. The summed E-state index contributed by atoms with van der Waals surface area (Å²) in [5.74, 6) is -6.86. The molecule has 0 bridgehead atoms. The van der Waals surface area contributed by atoms with Gasteiger partial charge in [-0.15, -0.1) is 0 Å². The van der Waals surface area contributed by atoms with Gasteiger partial charge in [0.1, 0.15) is 28.4 Å². The van der Waals surface area contributed by atoms with Crippen LogP contribution in [0.1, 0.15) is 31.0 Å². The van der Waals surface area contributed by atoms with Crippen molar-refractivity contribution >= 4 is 34.5 Å². The fourth-order valence-electron chi connectivity index (χ4n) is 4.31. The summed E-state index contributed by atoms with van der Waals surface area (Å²) in [5, 5.41) is 24.1. The molecule has 1 aliphatic rings. The molecule has 0 aromatic carbocycles. The number of aliphatic carboxylic acids is 1. The number of hydrogen-bond donors (Lipinski definition) is 3. The molecule has 5 heterocycles. The van der Waals surface area contributed by atoms with Gasteiger partial charge in [0.05, 0.1) is 30.1 Å². The summed E-state index contributed by atoms with van der Waals surface area (Å²) in [4.78, 5) is 37.7. The third-order valence-electron chi connectivity index (χ3n) is 6.47. The average molecular weight is 566 g/mol. The van der Waals surface area contributed by atoms with Crippen LogP contribution in [0.25, 0.3) is 22.6 Å². The van der Waals surface area contributed by atoms with E-state index in [2.05, 4.69) is 35.6 Å². The Morgan fingerprint density at radius 2 is 1.93 bits per heavy atom. The smallest absolute Gasteiger partial charge is 0.453 e. The number of carbonyl (C=O) groups is 2. The van der Waals surface area contributed by atoms with Crippen molar-refractivity contribution in [1.29, 1.82) is 0 Å². The van der Waals surface area contributed by atoms with Gasteiger partial charge in [0.2, 0.25) is 5.91 Å². The number of amides is 1. The minimum Gasteiger partial charge on any atom is -0.481 e. The van der Waals surface area contributed by atoms with Gasteiger partial charge >= 0.3 is 18.1 Å². The van der Waals surface area contributed by atoms with Crippen LogP contribution in [0.5, 0.6) is 0 Å². The van der Waals surface area contributed by atoms with Crippen molar-refractivity contribution in [3.63, 3.8) is 0 Å². The van der Waals surface area contributed by atoms with E-state index in [0.29, 0.717) is 0 Å². The van der Waals surface area contributed by atoms with Crippen LogP contribution in [0.15, 0.2) is 24.5 Å². The van der Waals surface area contributed by atoms with Gasteiger partial charge < -0.3 is 16.2 Å². The second-order valence-corrected chi connectivity index (χ2v) is 9.10. The van der Waals surface area contributed by atoms with E-state index in [-0.39, 0.29) is 58.4 Å². The molecule has 0 saturated heterocycles. The van der Waals surface area contributed by atoms with Crippen LogP contribution >= 0.6 is 0 Å². The van der Waals surface area contributed by atoms with Crippen molar-refractivity contribution in [2.45, 2.75) is 50.4 Å². The summed E-state index contributed by atoms with van der Waals surface area (Å²) in [7, 11) is 0. The first-order chi connectivity index (χ1) is 18.7. The zero-order valence-corrected chi connectivity index (χ0v) is 20.4. The molecule has 5 rings (SSSR count). The first-order valence-electron chi connectivity index (χ1n) is 11.6. The molecule has 4 N–H and O–H groups in total. The van der Waals surface area contributed by atoms with Crippen LogP contribution in [-0.4, -0.2) is 68.8 Å². The lowest BCUT2D eigenvalue weighted by Gasteiger charge is -2.19. The summed E-state index contributed by atoms with van der Waals surface area (Å²) in [5.41, 5.74) is 5.09. The van der Waals surface area contributed by atoms with E-state index in [4.69, 9.17) is 10.8 Å². The number of alkyl halides is 5. The molecule has 1 atom stereocenters. The highest BCUT2D eigenvalue weighted by molar-refractivity contribution is 6.09. The maximum absolute atomic E-state index is 13.6. The minimum atomic E-state index is -5.73. The van der Waals surface area contributed by atoms with Gasteiger partial charge in [0.15, 0.2) is 11.5 Å². The normalized spacial score (nSPS) is 17.3. The number of rotatable bonds is 8. The number of halogens is 5. The van der Waals surface area contributed by atoms with Gasteiger partial charge in [-0.3, -0.25) is 9.59 Å². The highest BCUT2D eigenvalue weighted by Crippen LogP contribution is 2.44. The number of aromatic nitrogens is 8. The number of hydrogen-bond acceptors (Lipinski definition) is 9. The van der Waals surface area contributed by atoms with Gasteiger partial charge in [-0.1, -0.05) is 0 Å². The standard InChI is InChI=1S/C22H19F5N10O3/c1-20(11-9-30-37(34-11)7-4-12(38)39)13-15(28)31-17(32-16(13)33-19(20)40)14-10-3-2-6-29-18(10)36(35-14)8-5-21(23,24)22(25,26)27/h2-3,6,9H,4-5,7-8H2,1H3,(H,38,39)(H3,28,31,32,33,40)/t20-/m1/s1. The number of carboxylic acids is 1. The molecule has 4 aromatic rings. The number of nitrogens with one attached hydrogen (secondary N) is 1. The molecule has 0 saturated carbocycles. The van der Waals surface area contributed by atoms with Crippen molar-refractivity contribution in [3.05, 3.63) is 35.8 Å². The molecule has 0 radical (unpaired) electrons. The van der Waals surface area contributed by atoms with E-state index in [0.717, 1.165) is 9.48 Å². The highest BCUT2D eigenvalue weighted by atomic mass is 19.4. The highest BCUT2D eigenvalue weighted by Gasteiger charge is 2.57. The number of nitrogen functional groups attached to an aromatic ring is 1. The molecular formula is C22H19F5N10O3. The Hall–Kier alpha value is -4.77. The summed E-state index contributed by atoms with van der Waals surface area (Å²) < 4.78 is 66.1. The van der Waals surface area contributed by atoms with Crippen molar-refractivity contribution in [2.75, 3.05) is 11.1 Å². The molecule has 0 aliphatic carbocycles. The number of nitrogens with zero attached hydrogens (tertiary/aromatic N) is 8. The summed E-state index contributed by atoms with van der Waals surface area (Å²) in [6.45, 7) is 0.657. The van der Waals surface area contributed by atoms with Crippen molar-refractivity contribution in [2.24, 2.45) is 0 Å². The molecular weight excluding hydrogens is 547 g/mol. The number of fused-ring (bicyclic) bond motifs is 2. The fourth-order valence-corrected chi connectivity index (χ4v) is 4.31. The predicted molar refractivity (Wildman–Crippen MR) is 126 cm³/mol. The maximum Gasteiger partial charge on any atom is 0.453 e. The lowest BCUT2D eigenvalue weighted by molar-refractivity contribution is -0.285.